The number of hydrogen-bond donors (Lipinski definition) is 0. The molecule has 1 aliphatic heterocycles. The number of rotatable bonds is 0. The molecule has 1 radical (unpaired) electrons. The van der Waals surface area contributed by atoms with Crippen LogP contribution in [0.4, 0.5) is 0 Å². The van der Waals surface area contributed by atoms with E-state index in [1.165, 1.54) is 6.21 Å². The number of oxime groups is 1. The highest BCUT2D eigenvalue weighted by molar-refractivity contribution is 5.65. The Hall–Kier alpha value is -0.790. The summed E-state index contributed by atoms with van der Waals surface area (Å²) in [7, 11) is 0. The molecule has 0 amide bonds. The first-order valence-electron chi connectivity index (χ1n) is 2.22. The Morgan fingerprint density at radius 3 is 3.71 bits per heavy atom. The van der Waals surface area contributed by atoms with E-state index in [-0.39, 0.29) is 0 Å². The highest BCUT2D eigenvalue weighted by Gasteiger charge is 1.82. The minimum absolute atomic E-state index is 0.684. The Balaban J connectivity index is 2.39. The SMILES string of the molecule is [C]1=CCCON=C1. The molecule has 0 spiro atoms. The molecule has 1 aliphatic rings. The van der Waals surface area contributed by atoms with Crippen LogP contribution in [-0.4, -0.2) is 12.8 Å². The molecular formula is C5H6NO. The van der Waals surface area contributed by atoms with E-state index in [0.29, 0.717) is 6.61 Å². The molecule has 0 aromatic carbocycles. The lowest BCUT2D eigenvalue weighted by Gasteiger charge is -1.87. The average molecular weight is 96.1 g/mol. The highest BCUT2D eigenvalue weighted by Crippen LogP contribution is 1.87. The molecule has 0 aromatic rings. The van der Waals surface area contributed by atoms with Crippen molar-refractivity contribution in [2.75, 3.05) is 6.61 Å². The van der Waals surface area contributed by atoms with E-state index in [1.54, 1.807) is 0 Å². The van der Waals surface area contributed by atoms with Crippen molar-refractivity contribution >= 4 is 6.21 Å². The van der Waals surface area contributed by atoms with Crippen molar-refractivity contribution in [2.24, 2.45) is 5.16 Å². The summed E-state index contributed by atoms with van der Waals surface area (Å²) in [5.41, 5.74) is 0. The molecule has 7 heavy (non-hydrogen) atoms. The molecule has 0 fully saturated rings. The summed E-state index contributed by atoms with van der Waals surface area (Å²) in [6.45, 7) is 0.684. The predicted molar refractivity (Wildman–Crippen MR) is 26.9 cm³/mol. The van der Waals surface area contributed by atoms with Gasteiger partial charge in [0, 0.05) is 12.5 Å². The lowest BCUT2D eigenvalue weighted by molar-refractivity contribution is 0.152. The Morgan fingerprint density at radius 1 is 1.71 bits per heavy atom. The van der Waals surface area contributed by atoms with Gasteiger partial charge in [-0.3, -0.25) is 0 Å². The molecule has 1 heterocycles. The van der Waals surface area contributed by atoms with Crippen molar-refractivity contribution in [3.8, 4) is 0 Å². The van der Waals surface area contributed by atoms with Crippen LogP contribution >= 0.6 is 0 Å². The fraction of sp³-hybridized carbons (Fsp3) is 0.400. The first kappa shape index (κ1) is 4.37. The van der Waals surface area contributed by atoms with Crippen molar-refractivity contribution in [3.63, 3.8) is 0 Å². The van der Waals surface area contributed by atoms with Gasteiger partial charge in [-0.2, -0.15) is 0 Å². The second-order valence-corrected chi connectivity index (χ2v) is 1.23. The molecule has 0 atom stereocenters. The lowest BCUT2D eigenvalue weighted by Crippen LogP contribution is -1.80. The minimum atomic E-state index is 0.684. The van der Waals surface area contributed by atoms with Gasteiger partial charge < -0.3 is 4.84 Å². The monoisotopic (exact) mass is 96.0 g/mol. The Bertz CT molecular complexity index is 84.3. The third-order valence-corrected chi connectivity index (χ3v) is 0.673. The molecule has 0 bridgehead atoms. The Labute approximate surface area is 42.5 Å². The van der Waals surface area contributed by atoms with E-state index in [4.69, 9.17) is 0 Å². The summed E-state index contributed by atoms with van der Waals surface area (Å²) >= 11 is 0. The number of allylic oxidation sites excluding steroid dienone is 1. The molecule has 37 valence electrons. The summed E-state index contributed by atoms with van der Waals surface area (Å²) in [6, 6.07) is 0. The molecule has 0 saturated heterocycles. The minimum Gasteiger partial charge on any atom is -0.395 e. The van der Waals surface area contributed by atoms with E-state index in [2.05, 4.69) is 16.1 Å². The van der Waals surface area contributed by atoms with Gasteiger partial charge in [0.25, 0.3) is 0 Å². The maximum absolute atomic E-state index is 4.67. The second kappa shape index (κ2) is 2.39. The van der Waals surface area contributed by atoms with Gasteiger partial charge in [-0.05, 0) is 0 Å². The maximum atomic E-state index is 4.67. The smallest absolute Gasteiger partial charge is 0.120 e. The normalized spacial score (nSPS) is 18.3. The molecule has 2 heteroatoms. The summed E-state index contributed by atoms with van der Waals surface area (Å²) in [5, 5.41) is 3.50. The summed E-state index contributed by atoms with van der Waals surface area (Å²) < 4.78 is 0. The van der Waals surface area contributed by atoms with Crippen molar-refractivity contribution in [1.82, 2.24) is 0 Å². The third-order valence-electron chi connectivity index (χ3n) is 0.673. The van der Waals surface area contributed by atoms with Crippen LogP contribution < -0.4 is 0 Å². The highest BCUT2D eigenvalue weighted by atomic mass is 16.6. The number of nitrogens with zero attached hydrogens (tertiary/aromatic N) is 1. The standard InChI is InChI=1S/C5H6NO/c1-2-4-6-7-5-3-1/h1,4H,3,5H2. The quantitative estimate of drug-likeness (QED) is 0.436. The van der Waals surface area contributed by atoms with Crippen LogP contribution in [0.25, 0.3) is 0 Å². The van der Waals surface area contributed by atoms with Crippen LogP contribution in [0.3, 0.4) is 0 Å². The largest absolute Gasteiger partial charge is 0.395 e. The van der Waals surface area contributed by atoms with Crippen molar-refractivity contribution in [3.05, 3.63) is 12.2 Å². The average Bonchev–Trinajstić information content (AvgIpc) is 1.90. The van der Waals surface area contributed by atoms with Crippen LogP contribution in [0.5, 0.6) is 0 Å². The topological polar surface area (TPSA) is 21.6 Å². The molecule has 0 N–H and O–H groups in total. The molecule has 0 saturated carbocycles. The molecule has 1 rings (SSSR count). The fourth-order valence-electron chi connectivity index (χ4n) is 0.368. The summed E-state index contributed by atoms with van der Waals surface area (Å²) in [5.74, 6) is 0. The molecular weight excluding hydrogens is 90.1 g/mol. The molecule has 0 unspecified atom stereocenters. The molecule has 0 aliphatic carbocycles. The van der Waals surface area contributed by atoms with Gasteiger partial charge in [0.2, 0.25) is 0 Å². The van der Waals surface area contributed by atoms with Gasteiger partial charge in [-0.15, -0.1) is 0 Å². The predicted octanol–water partition coefficient (Wildman–Crippen LogP) is 0.752. The van der Waals surface area contributed by atoms with Gasteiger partial charge in [0.05, 0.1) is 6.21 Å². The van der Waals surface area contributed by atoms with Crippen molar-refractivity contribution in [1.29, 1.82) is 0 Å². The molecule has 0 aromatic heterocycles. The van der Waals surface area contributed by atoms with Gasteiger partial charge >= 0.3 is 0 Å². The summed E-state index contributed by atoms with van der Waals surface area (Å²) in [4.78, 5) is 4.67. The zero-order chi connectivity index (χ0) is 4.95. The lowest BCUT2D eigenvalue weighted by atomic mass is 10.4. The second-order valence-electron chi connectivity index (χ2n) is 1.23. The van der Waals surface area contributed by atoms with Crippen LogP contribution in [0.15, 0.2) is 11.2 Å². The first-order valence-corrected chi connectivity index (χ1v) is 2.22. The first-order chi connectivity index (χ1) is 3.50. The van der Waals surface area contributed by atoms with E-state index in [1.807, 2.05) is 6.08 Å². The van der Waals surface area contributed by atoms with Crippen molar-refractivity contribution in [2.45, 2.75) is 6.42 Å². The van der Waals surface area contributed by atoms with Crippen LogP contribution in [0.2, 0.25) is 0 Å². The summed E-state index contributed by atoms with van der Waals surface area (Å²) in [6.07, 6.45) is 7.14. The van der Waals surface area contributed by atoms with Crippen LogP contribution in [0.1, 0.15) is 6.42 Å². The van der Waals surface area contributed by atoms with Crippen LogP contribution in [0, 0.1) is 6.08 Å². The van der Waals surface area contributed by atoms with Gasteiger partial charge in [0.15, 0.2) is 0 Å². The Morgan fingerprint density at radius 2 is 2.71 bits per heavy atom. The van der Waals surface area contributed by atoms with E-state index in [0.717, 1.165) is 6.42 Å². The number of hydrogen-bond acceptors (Lipinski definition) is 2. The Kier molecular flexibility index (Phi) is 1.50. The van der Waals surface area contributed by atoms with Crippen LogP contribution in [-0.2, 0) is 4.84 Å². The van der Waals surface area contributed by atoms with E-state index < -0.39 is 0 Å². The zero-order valence-electron chi connectivity index (χ0n) is 3.92. The fourth-order valence-corrected chi connectivity index (χ4v) is 0.368. The molecule has 2 nitrogen and oxygen atoms in total. The van der Waals surface area contributed by atoms with Gasteiger partial charge in [-0.25, -0.2) is 0 Å². The van der Waals surface area contributed by atoms with E-state index in [9.17, 15) is 0 Å². The maximum Gasteiger partial charge on any atom is 0.120 e. The zero-order valence-corrected chi connectivity index (χ0v) is 3.92. The van der Waals surface area contributed by atoms with E-state index >= 15 is 0 Å². The van der Waals surface area contributed by atoms with Gasteiger partial charge in [0.1, 0.15) is 6.61 Å². The third kappa shape index (κ3) is 1.39. The van der Waals surface area contributed by atoms with Gasteiger partial charge in [-0.1, -0.05) is 11.2 Å². The van der Waals surface area contributed by atoms with Crippen molar-refractivity contribution < 1.29 is 4.84 Å².